The maximum atomic E-state index is 12.2. The molecular weight excluding hydrogens is 327 g/mol. The van der Waals surface area contributed by atoms with Gasteiger partial charge in [-0.3, -0.25) is 18.7 Å². The number of carbonyl (C=O) groups excluding carboxylic acids is 1. The van der Waals surface area contributed by atoms with E-state index in [1.165, 1.54) is 23.4 Å². The molecule has 2 radical (unpaired) electrons. The SMILES string of the molecule is [B]C1=CC(C(=O)CSc2nc3c([nH]2)c(=O)n(C)c(=O)n3C)=CCC1. The minimum absolute atomic E-state index is 0.0510. The molecule has 2 heterocycles. The van der Waals surface area contributed by atoms with Crippen LogP contribution in [0.3, 0.4) is 0 Å². The van der Waals surface area contributed by atoms with Gasteiger partial charge in [0, 0.05) is 19.7 Å². The number of imidazole rings is 1. The summed E-state index contributed by atoms with van der Waals surface area (Å²) in [6.07, 6.45) is 5.10. The molecular formula is C15H15BN4O3S. The Kier molecular flexibility index (Phi) is 4.36. The number of ketones is 1. The van der Waals surface area contributed by atoms with Gasteiger partial charge >= 0.3 is 5.69 Å². The van der Waals surface area contributed by atoms with Gasteiger partial charge in [0.25, 0.3) is 5.56 Å². The predicted octanol–water partition coefficient (Wildman–Crippen LogP) is 0.394. The van der Waals surface area contributed by atoms with Crippen molar-refractivity contribution in [3.8, 4) is 0 Å². The van der Waals surface area contributed by atoms with Crippen molar-refractivity contribution in [3.63, 3.8) is 0 Å². The number of nitrogens with one attached hydrogen (secondary N) is 1. The van der Waals surface area contributed by atoms with Crippen molar-refractivity contribution >= 4 is 36.6 Å². The topological polar surface area (TPSA) is 89.8 Å². The van der Waals surface area contributed by atoms with E-state index >= 15 is 0 Å². The predicted molar refractivity (Wildman–Crippen MR) is 93.5 cm³/mol. The molecule has 1 aliphatic rings. The van der Waals surface area contributed by atoms with Crippen LogP contribution in [0.1, 0.15) is 12.8 Å². The number of aromatic nitrogens is 4. The van der Waals surface area contributed by atoms with E-state index < -0.39 is 11.2 Å². The fourth-order valence-corrected chi connectivity index (χ4v) is 3.27. The standard InChI is InChI=1S/C15H15BN4O3S/c1-19-12-11(13(22)20(2)15(19)23)17-14(18-12)24-7-10(21)8-4-3-5-9(16)6-8/h4,6H,3,5,7H2,1-2H3,(H,17,18). The zero-order valence-corrected chi connectivity index (χ0v) is 14.1. The van der Waals surface area contributed by atoms with Crippen molar-refractivity contribution < 1.29 is 4.79 Å². The number of carbonyl (C=O) groups is 1. The second-order valence-electron chi connectivity index (χ2n) is 5.58. The lowest BCUT2D eigenvalue weighted by molar-refractivity contribution is -0.112. The lowest BCUT2D eigenvalue weighted by Crippen LogP contribution is -2.36. The van der Waals surface area contributed by atoms with E-state index in [1.54, 1.807) is 13.1 Å². The number of hydrogen-bond donors (Lipinski definition) is 1. The third-order valence-corrected chi connectivity index (χ3v) is 4.75. The Morgan fingerprint density at radius 2 is 2.12 bits per heavy atom. The second-order valence-corrected chi connectivity index (χ2v) is 6.54. The molecule has 0 atom stereocenters. The highest BCUT2D eigenvalue weighted by Gasteiger charge is 2.16. The van der Waals surface area contributed by atoms with Gasteiger partial charge in [-0.2, -0.15) is 0 Å². The number of allylic oxidation sites excluding steroid dienone is 4. The molecule has 1 aliphatic carbocycles. The highest BCUT2D eigenvalue weighted by Crippen LogP contribution is 2.21. The summed E-state index contributed by atoms with van der Waals surface area (Å²) in [5.74, 6) is 0.119. The molecule has 2 aromatic rings. The number of thioether (sulfide) groups is 1. The zero-order chi connectivity index (χ0) is 17.4. The molecule has 0 saturated heterocycles. The van der Waals surface area contributed by atoms with Gasteiger partial charge in [0.1, 0.15) is 7.85 Å². The fraction of sp³-hybridized carbons (Fsp3) is 0.333. The Balaban J connectivity index is 1.84. The molecule has 0 bridgehead atoms. The average Bonchev–Trinajstić information content (AvgIpc) is 3.00. The molecule has 0 unspecified atom stereocenters. The van der Waals surface area contributed by atoms with Crippen LogP contribution in [-0.4, -0.2) is 38.5 Å². The number of Topliss-reactive ketones (excluding diaryl/α,β-unsaturated/α-hetero) is 1. The minimum atomic E-state index is -0.445. The Bertz CT molecular complexity index is 1010. The van der Waals surface area contributed by atoms with Gasteiger partial charge in [0.15, 0.2) is 22.1 Å². The van der Waals surface area contributed by atoms with Crippen LogP contribution in [0.25, 0.3) is 11.2 Å². The second kappa shape index (κ2) is 6.31. The fourth-order valence-electron chi connectivity index (χ4n) is 2.51. The maximum Gasteiger partial charge on any atom is 0.332 e. The highest BCUT2D eigenvalue weighted by atomic mass is 32.2. The highest BCUT2D eigenvalue weighted by molar-refractivity contribution is 7.99. The number of fused-ring (bicyclic) bond motifs is 1. The van der Waals surface area contributed by atoms with Crippen LogP contribution in [0.4, 0.5) is 0 Å². The number of aromatic amines is 1. The molecule has 0 aromatic carbocycles. The largest absolute Gasteiger partial charge is 0.332 e. The van der Waals surface area contributed by atoms with Gasteiger partial charge in [-0.1, -0.05) is 23.9 Å². The van der Waals surface area contributed by atoms with Crippen LogP contribution in [0.15, 0.2) is 37.9 Å². The van der Waals surface area contributed by atoms with Gasteiger partial charge in [-0.05, 0) is 12.8 Å². The summed E-state index contributed by atoms with van der Waals surface area (Å²) in [5.41, 5.74) is 0.942. The van der Waals surface area contributed by atoms with E-state index in [0.717, 1.165) is 17.4 Å². The molecule has 2 aromatic heterocycles. The van der Waals surface area contributed by atoms with Gasteiger partial charge in [-0.15, -0.1) is 5.47 Å². The monoisotopic (exact) mass is 342 g/mol. The number of hydrogen-bond acceptors (Lipinski definition) is 5. The molecule has 122 valence electrons. The van der Waals surface area contributed by atoms with Crippen molar-refractivity contribution in [2.24, 2.45) is 14.1 Å². The summed E-state index contributed by atoms with van der Waals surface area (Å²) in [6.45, 7) is 0. The summed E-state index contributed by atoms with van der Waals surface area (Å²) in [7, 11) is 8.71. The molecule has 7 nitrogen and oxygen atoms in total. The molecule has 0 fully saturated rings. The van der Waals surface area contributed by atoms with Crippen molar-refractivity contribution in [2.45, 2.75) is 18.0 Å². The van der Waals surface area contributed by atoms with E-state index in [9.17, 15) is 14.4 Å². The molecule has 0 aliphatic heterocycles. The van der Waals surface area contributed by atoms with Crippen LogP contribution in [-0.2, 0) is 18.9 Å². The Morgan fingerprint density at radius 3 is 2.83 bits per heavy atom. The summed E-state index contributed by atoms with van der Waals surface area (Å²) >= 11 is 1.19. The molecule has 9 heteroatoms. The van der Waals surface area contributed by atoms with Gasteiger partial charge in [-0.25, -0.2) is 9.78 Å². The average molecular weight is 342 g/mol. The van der Waals surface area contributed by atoms with E-state index in [-0.39, 0.29) is 22.7 Å². The Labute approximate surface area is 142 Å². The van der Waals surface area contributed by atoms with E-state index in [2.05, 4.69) is 9.97 Å². The molecule has 3 rings (SSSR count). The van der Waals surface area contributed by atoms with E-state index in [0.29, 0.717) is 16.2 Å². The number of aryl methyl sites for hydroxylation is 1. The van der Waals surface area contributed by atoms with Crippen LogP contribution in [0.2, 0.25) is 0 Å². The summed E-state index contributed by atoms with van der Waals surface area (Å²) in [4.78, 5) is 43.4. The van der Waals surface area contributed by atoms with Crippen molar-refractivity contribution in [1.29, 1.82) is 0 Å². The number of rotatable bonds is 4. The first-order chi connectivity index (χ1) is 11.4. The third kappa shape index (κ3) is 2.91. The lowest BCUT2D eigenvalue weighted by atomic mass is 9.85. The summed E-state index contributed by atoms with van der Waals surface area (Å²) in [5, 5.41) is 0.421. The molecule has 0 spiro atoms. The molecule has 24 heavy (non-hydrogen) atoms. The van der Waals surface area contributed by atoms with E-state index in [4.69, 9.17) is 7.85 Å². The third-order valence-electron chi connectivity index (χ3n) is 3.87. The van der Waals surface area contributed by atoms with Crippen molar-refractivity contribution in [3.05, 3.63) is 44.0 Å². The van der Waals surface area contributed by atoms with Gasteiger partial charge < -0.3 is 4.98 Å². The van der Waals surface area contributed by atoms with E-state index in [1.807, 2.05) is 6.08 Å². The molecule has 0 amide bonds. The number of H-pyrrole nitrogens is 1. The normalized spacial score (nSPS) is 14.6. The van der Waals surface area contributed by atoms with Crippen LogP contribution in [0, 0.1) is 0 Å². The minimum Gasteiger partial charge on any atom is -0.327 e. The maximum absolute atomic E-state index is 12.2. The van der Waals surface area contributed by atoms with Crippen LogP contribution >= 0.6 is 11.8 Å². The summed E-state index contributed by atoms with van der Waals surface area (Å²) in [6, 6.07) is 0. The Morgan fingerprint density at radius 1 is 1.38 bits per heavy atom. The first-order valence-corrected chi connectivity index (χ1v) is 8.35. The Hall–Kier alpha value is -2.29. The lowest BCUT2D eigenvalue weighted by Gasteiger charge is -2.09. The van der Waals surface area contributed by atoms with Crippen LogP contribution in [0.5, 0.6) is 0 Å². The van der Waals surface area contributed by atoms with Gasteiger partial charge in [0.05, 0.1) is 5.75 Å². The quantitative estimate of drug-likeness (QED) is 0.641. The summed E-state index contributed by atoms with van der Waals surface area (Å²) < 4.78 is 2.31. The van der Waals surface area contributed by atoms with Crippen molar-refractivity contribution in [1.82, 2.24) is 19.1 Å². The smallest absolute Gasteiger partial charge is 0.327 e. The first kappa shape index (κ1) is 16.6. The van der Waals surface area contributed by atoms with Crippen molar-refractivity contribution in [2.75, 3.05) is 5.75 Å². The van der Waals surface area contributed by atoms with Gasteiger partial charge in [0.2, 0.25) is 0 Å². The number of nitrogens with zero attached hydrogens (tertiary/aromatic N) is 3. The molecule has 0 saturated carbocycles. The molecule has 1 N–H and O–H groups in total. The first-order valence-electron chi connectivity index (χ1n) is 7.36. The zero-order valence-electron chi connectivity index (χ0n) is 13.3. The van der Waals surface area contributed by atoms with Crippen LogP contribution < -0.4 is 11.2 Å².